The Morgan fingerprint density at radius 3 is 2.41 bits per heavy atom. The molecule has 6 heteroatoms. The van der Waals surface area contributed by atoms with Crippen LogP contribution < -0.4 is 10.1 Å². The van der Waals surface area contributed by atoms with Gasteiger partial charge in [0.1, 0.15) is 5.75 Å². The van der Waals surface area contributed by atoms with Crippen molar-refractivity contribution in [2.45, 2.75) is 6.54 Å². The SMILES string of the molecule is Clc1ccc(-c2nnc(CNc3ccccc3Oc3ccccc3)o2)cc1. The molecule has 0 aliphatic heterocycles. The average molecular weight is 378 g/mol. The van der Waals surface area contributed by atoms with Crippen LogP contribution in [0.2, 0.25) is 5.02 Å². The second-order valence-corrected chi connectivity index (χ2v) is 6.21. The zero-order valence-corrected chi connectivity index (χ0v) is 15.1. The maximum atomic E-state index is 5.94. The molecule has 27 heavy (non-hydrogen) atoms. The highest BCUT2D eigenvalue weighted by Crippen LogP contribution is 2.29. The molecule has 1 aromatic heterocycles. The Morgan fingerprint density at radius 1 is 0.852 bits per heavy atom. The van der Waals surface area contributed by atoms with E-state index in [0.29, 0.717) is 23.3 Å². The number of nitrogens with one attached hydrogen (secondary N) is 1. The molecule has 3 aromatic carbocycles. The number of aromatic nitrogens is 2. The van der Waals surface area contributed by atoms with Gasteiger partial charge >= 0.3 is 0 Å². The molecular formula is C21H16ClN3O2. The van der Waals surface area contributed by atoms with Crippen molar-refractivity contribution >= 4 is 17.3 Å². The second-order valence-electron chi connectivity index (χ2n) is 5.77. The van der Waals surface area contributed by atoms with Crippen LogP contribution in [0.5, 0.6) is 11.5 Å². The summed E-state index contributed by atoms with van der Waals surface area (Å²) in [5, 5.41) is 12.1. The van der Waals surface area contributed by atoms with Crippen LogP contribution in [-0.4, -0.2) is 10.2 Å². The lowest BCUT2D eigenvalue weighted by Gasteiger charge is -2.11. The van der Waals surface area contributed by atoms with Crippen molar-refractivity contribution in [3.05, 3.63) is 89.8 Å². The van der Waals surface area contributed by atoms with Crippen molar-refractivity contribution in [1.82, 2.24) is 10.2 Å². The highest BCUT2D eigenvalue weighted by Gasteiger charge is 2.10. The minimum atomic E-state index is 0.385. The first-order valence-corrected chi connectivity index (χ1v) is 8.80. The first-order chi connectivity index (χ1) is 13.3. The van der Waals surface area contributed by atoms with Gasteiger partial charge in [-0.2, -0.15) is 0 Å². The average Bonchev–Trinajstić information content (AvgIpc) is 3.18. The van der Waals surface area contributed by atoms with Crippen molar-refractivity contribution in [2.75, 3.05) is 5.32 Å². The molecule has 0 radical (unpaired) electrons. The van der Waals surface area contributed by atoms with Crippen LogP contribution in [0, 0.1) is 0 Å². The van der Waals surface area contributed by atoms with Gasteiger partial charge in [0, 0.05) is 10.6 Å². The number of anilines is 1. The fourth-order valence-electron chi connectivity index (χ4n) is 2.52. The number of para-hydroxylation sites is 3. The molecule has 0 aliphatic carbocycles. The number of rotatable bonds is 6. The van der Waals surface area contributed by atoms with Crippen molar-refractivity contribution in [3.8, 4) is 23.0 Å². The van der Waals surface area contributed by atoms with Crippen LogP contribution in [0.15, 0.2) is 83.3 Å². The van der Waals surface area contributed by atoms with E-state index in [0.717, 1.165) is 22.7 Å². The zero-order valence-electron chi connectivity index (χ0n) is 14.3. The minimum Gasteiger partial charge on any atom is -0.455 e. The van der Waals surface area contributed by atoms with Crippen molar-refractivity contribution in [3.63, 3.8) is 0 Å². The first-order valence-electron chi connectivity index (χ1n) is 8.42. The summed E-state index contributed by atoms with van der Waals surface area (Å²) in [6, 6.07) is 24.6. The van der Waals surface area contributed by atoms with Gasteiger partial charge in [0.2, 0.25) is 11.8 Å². The summed E-state index contributed by atoms with van der Waals surface area (Å²) in [6.07, 6.45) is 0. The standard InChI is InChI=1S/C21H16ClN3O2/c22-16-12-10-15(11-13-16)21-25-24-20(27-21)14-23-18-8-4-5-9-19(18)26-17-6-2-1-3-7-17/h1-13,23H,14H2. The second kappa shape index (κ2) is 7.93. The molecule has 0 spiro atoms. The molecule has 0 amide bonds. The number of benzene rings is 3. The molecule has 0 aliphatic rings. The zero-order chi connectivity index (χ0) is 18.5. The van der Waals surface area contributed by atoms with E-state index >= 15 is 0 Å². The van der Waals surface area contributed by atoms with E-state index in [-0.39, 0.29) is 0 Å². The topological polar surface area (TPSA) is 60.2 Å². The van der Waals surface area contributed by atoms with Crippen molar-refractivity contribution in [2.24, 2.45) is 0 Å². The van der Waals surface area contributed by atoms with E-state index in [1.807, 2.05) is 66.7 Å². The highest BCUT2D eigenvalue weighted by atomic mass is 35.5. The number of halogens is 1. The molecule has 4 aromatic rings. The van der Waals surface area contributed by atoms with Crippen molar-refractivity contribution in [1.29, 1.82) is 0 Å². The minimum absolute atomic E-state index is 0.385. The predicted octanol–water partition coefficient (Wildman–Crippen LogP) is 5.79. The van der Waals surface area contributed by atoms with Gasteiger partial charge in [0.15, 0.2) is 5.75 Å². The summed E-state index contributed by atoms with van der Waals surface area (Å²) in [5.41, 5.74) is 1.67. The van der Waals surface area contributed by atoms with E-state index in [4.69, 9.17) is 20.8 Å². The molecule has 4 rings (SSSR count). The summed E-state index contributed by atoms with van der Waals surface area (Å²) in [7, 11) is 0. The Hall–Kier alpha value is -3.31. The third-order valence-electron chi connectivity index (χ3n) is 3.85. The van der Waals surface area contributed by atoms with Gasteiger partial charge in [-0.1, -0.05) is 41.9 Å². The summed E-state index contributed by atoms with van der Waals surface area (Å²) in [4.78, 5) is 0. The molecule has 0 atom stereocenters. The highest BCUT2D eigenvalue weighted by molar-refractivity contribution is 6.30. The van der Waals surface area contributed by atoms with Gasteiger partial charge < -0.3 is 14.5 Å². The van der Waals surface area contributed by atoms with E-state index in [2.05, 4.69) is 15.5 Å². The van der Waals surface area contributed by atoms with Gasteiger partial charge in [0.05, 0.1) is 12.2 Å². The first kappa shape index (κ1) is 17.1. The number of hydrogen-bond donors (Lipinski definition) is 1. The summed E-state index contributed by atoms with van der Waals surface area (Å²) < 4.78 is 11.7. The molecule has 1 heterocycles. The van der Waals surface area contributed by atoms with Crippen LogP contribution in [-0.2, 0) is 6.54 Å². The number of nitrogens with zero attached hydrogens (tertiary/aromatic N) is 2. The van der Waals surface area contributed by atoms with E-state index in [1.54, 1.807) is 12.1 Å². The fourth-order valence-corrected chi connectivity index (χ4v) is 2.65. The molecule has 5 nitrogen and oxygen atoms in total. The van der Waals surface area contributed by atoms with Gasteiger partial charge in [0.25, 0.3) is 0 Å². The monoisotopic (exact) mass is 377 g/mol. The number of ether oxygens (including phenoxy) is 1. The molecule has 0 saturated heterocycles. The van der Waals surface area contributed by atoms with Gasteiger partial charge in [-0.3, -0.25) is 0 Å². The lowest BCUT2D eigenvalue weighted by molar-refractivity contribution is 0.483. The Kier molecular flexibility index (Phi) is 5.03. The van der Waals surface area contributed by atoms with Crippen molar-refractivity contribution < 1.29 is 9.15 Å². The summed E-state index contributed by atoms with van der Waals surface area (Å²) >= 11 is 5.91. The quantitative estimate of drug-likeness (QED) is 0.460. The molecule has 0 unspecified atom stereocenters. The summed E-state index contributed by atoms with van der Waals surface area (Å²) in [6.45, 7) is 0.385. The third-order valence-corrected chi connectivity index (χ3v) is 4.10. The Balaban J connectivity index is 1.46. The maximum absolute atomic E-state index is 5.94. The lowest BCUT2D eigenvalue weighted by Crippen LogP contribution is -2.01. The van der Waals surface area contributed by atoms with E-state index in [1.165, 1.54) is 0 Å². The molecule has 0 bridgehead atoms. The van der Waals surface area contributed by atoms with Crippen LogP contribution in [0.25, 0.3) is 11.5 Å². The Bertz CT molecular complexity index is 1020. The van der Waals surface area contributed by atoms with Crippen LogP contribution in [0.3, 0.4) is 0 Å². The largest absolute Gasteiger partial charge is 0.455 e. The molecule has 0 fully saturated rings. The van der Waals surface area contributed by atoms with Gasteiger partial charge in [-0.05, 0) is 48.5 Å². The third kappa shape index (κ3) is 4.27. The van der Waals surface area contributed by atoms with Gasteiger partial charge in [-0.25, -0.2) is 0 Å². The maximum Gasteiger partial charge on any atom is 0.247 e. The number of hydrogen-bond acceptors (Lipinski definition) is 5. The molecule has 1 N–H and O–H groups in total. The van der Waals surface area contributed by atoms with Crippen LogP contribution in [0.4, 0.5) is 5.69 Å². The summed E-state index contributed by atoms with van der Waals surface area (Å²) in [5.74, 6) is 2.43. The van der Waals surface area contributed by atoms with E-state index in [9.17, 15) is 0 Å². The predicted molar refractivity (Wildman–Crippen MR) is 105 cm³/mol. The normalized spacial score (nSPS) is 10.6. The van der Waals surface area contributed by atoms with Crippen LogP contribution >= 0.6 is 11.6 Å². The van der Waals surface area contributed by atoms with E-state index < -0.39 is 0 Å². The Morgan fingerprint density at radius 2 is 1.59 bits per heavy atom. The lowest BCUT2D eigenvalue weighted by atomic mass is 10.2. The van der Waals surface area contributed by atoms with Gasteiger partial charge in [-0.15, -0.1) is 10.2 Å². The molecular weight excluding hydrogens is 362 g/mol. The van der Waals surface area contributed by atoms with Crippen LogP contribution in [0.1, 0.15) is 5.89 Å². The fraction of sp³-hybridized carbons (Fsp3) is 0.0476. The Labute approximate surface area is 161 Å². The molecule has 134 valence electrons. The smallest absolute Gasteiger partial charge is 0.247 e. The molecule has 0 saturated carbocycles.